The SMILES string of the molecule is CC(/C=C/C(F)=C(/C)c1ccc2c(c1)N(C(C)C)CCN2C(C)C)=C\C(=O)[O-]. The summed E-state index contributed by atoms with van der Waals surface area (Å²) in [5.41, 5.74) is 4.06. The van der Waals surface area contributed by atoms with Crippen LogP contribution in [0.15, 0.2) is 47.8 Å². The number of allylic oxidation sites excluding steroid dienone is 5. The number of hydrogen-bond donors (Lipinski definition) is 0. The summed E-state index contributed by atoms with van der Waals surface area (Å²) in [5, 5.41) is 10.6. The normalized spacial score (nSPS) is 16.1. The summed E-state index contributed by atoms with van der Waals surface area (Å²) in [6, 6.07) is 6.82. The lowest BCUT2D eigenvalue weighted by atomic mass is 10.0. The van der Waals surface area contributed by atoms with Crippen LogP contribution in [0.4, 0.5) is 15.8 Å². The van der Waals surface area contributed by atoms with E-state index in [1.165, 1.54) is 17.8 Å². The zero-order chi connectivity index (χ0) is 21.0. The first-order valence-electron chi connectivity index (χ1n) is 9.73. The smallest absolute Gasteiger partial charge is 0.126 e. The summed E-state index contributed by atoms with van der Waals surface area (Å²) in [5.74, 6) is -1.68. The van der Waals surface area contributed by atoms with Crippen LogP contribution < -0.4 is 14.9 Å². The van der Waals surface area contributed by atoms with Gasteiger partial charge in [0.05, 0.1) is 17.3 Å². The van der Waals surface area contributed by atoms with E-state index in [1.54, 1.807) is 13.8 Å². The third-order valence-electron chi connectivity index (χ3n) is 5.05. The molecule has 1 aliphatic heterocycles. The average Bonchev–Trinajstić information content (AvgIpc) is 2.63. The van der Waals surface area contributed by atoms with Crippen LogP contribution >= 0.6 is 0 Å². The minimum Gasteiger partial charge on any atom is -0.545 e. The molecule has 152 valence electrons. The molecule has 4 nitrogen and oxygen atoms in total. The minimum absolute atomic E-state index is 0.356. The number of nitrogens with zero attached hydrogens (tertiary/aromatic N) is 2. The van der Waals surface area contributed by atoms with Crippen LogP contribution in [0, 0.1) is 0 Å². The Labute approximate surface area is 167 Å². The van der Waals surface area contributed by atoms with E-state index in [2.05, 4.69) is 49.6 Å². The summed E-state index contributed by atoms with van der Waals surface area (Å²) in [7, 11) is 0. The van der Waals surface area contributed by atoms with Crippen molar-refractivity contribution in [2.24, 2.45) is 0 Å². The number of carboxylic acid groups (broad SMARTS) is 1. The second-order valence-corrected chi connectivity index (χ2v) is 7.79. The van der Waals surface area contributed by atoms with E-state index >= 15 is 0 Å². The molecule has 1 aromatic rings. The van der Waals surface area contributed by atoms with Gasteiger partial charge in [-0.2, -0.15) is 0 Å². The lowest BCUT2D eigenvalue weighted by Gasteiger charge is -2.43. The van der Waals surface area contributed by atoms with Crippen LogP contribution in [0.5, 0.6) is 0 Å². The molecule has 2 rings (SSSR count). The number of aliphatic carboxylic acids is 1. The first-order chi connectivity index (χ1) is 13.1. The largest absolute Gasteiger partial charge is 0.545 e. The lowest BCUT2D eigenvalue weighted by Crippen LogP contribution is -2.46. The van der Waals surface area contributed by atoms with E-state index in [-0.39, 0.29) is 0 Å². The quantitative estimate of drug-likeness (QED) is 0.547. The predicted octanol–water partition coefficient (Wildman–Crippen LogP) is 4.08. The van der Waals surface area contributed by atoms with Gasteiger partial charge >= 0.3 is 0 Å². The van der Waals surface area contributed by atoms with Gasteiger partial charge in [-0.15, -0.1) is 0 Å². The Morgan fingerprint density at radius 3 is 2.14 bits per heavy atom. The van der Waals surface area contributed by atoms with Gasteiger partial charge in [0.15, 0.2) is 0 Å². The fourth-order valence-electron chi connectivity index (χ4n) is 3.46. The van der Waals surface area contributed by atoms with Crippen molar-refractivity contribution in [3.63, 3.8) is 0 Å². The number of benzene rings is 1. The number of rotatable bonds is 6. The second-order valence-electron chi connectivity index (χ2n) is 7.79. The molecule has 0 atom stereocenters. The average molecular weight is 386 g/mol. The number of hydrogen-bond acceptors (Lipinski definition) is 4. The highest BCUT2D eigenvalue weighted by Gasteiger charge is 2.26. The maximum Gasteiger partial charge on any atom is 0.126 e. The number of carbonyl (C=O) groups excluding carboxylic acids is 1. The molecule has 0 N–H and O–H groups in total. The summed E-state index contributed by atoms with van der Waals surface area (Å²) in [6.45, 7) is 13.9. The molecule has 1 aliphatic rings. The third kappa shape index (κ3) is 5.03. The zero-order valence-electron chi connectivity index (χ0n) is 17.6. The minimum atomic E-state index is -1.29. The second kappa shape index (κ2) is 9.09. The van der Waals surface area contributed by atoms with Crippen LogP contribution in [-0.2, 0) is 4.79 Å². The van der Waals surface area contributed by atoms with Crippen molar-refractivity contribution in [1.82, 2.24) is 0 Å². The molecule has 0 aromatic heterocycles. The Hall–Kier alpha value is -2.56. The maximum absolute atomic E-state index is 14.7. The molecular formula is C23H30FN2O2-. The van der Waals surface area contributed by atoms with Gasteiger partial charge in [-0.1, -0.05) is 12.1 Å². The highest BCUT2D eigenvalue weighted by atomic mass is 19.1. The van der Waals surface area contributed by atoms with Crippen molar-refractivity contribution in [3.8, 4) is 0 Å². The van der Waals surface area contributed by atoms with E-state index in [1.807, 2.05) is 6.07 Å². The highest BCUT2D eigenvalue weighted by molar-refractivity contribution is 5.81. The van der Waals surface area contributed by atoms with Crippen molar-refractivity contribution in [3.05, 3.63) is 53.4 Å². The Bertz CT molecular complexity index is 822. The van der Waals surface area contributed by atoms with Gasteiger partial charge in [0.25, 0.3) is 0 Å². The van der Waals surface area contributed by atoms with Gasteiger partial charge in [0.1, 0.15) is 5.83 Å². The van der Waals surface area contributed by atoms with E-state index in [0.29, 0.717) is 23.2 Å². The summed E-state index contributed by atoms with van der Waals surface area (Å²) in [6.07, 6.45) is 3.68. The molecule has 1 aromatic carbocycles. The Balaban J connectivity index is 2.43. The fraction of sp³-hybridized carbons (Fsp3) is 0.435. The van der Waals surface area contributed by atoms with E-state index < -0.39 is 11.8 Å². The van der Waals surface area contributed by atoms with Crippen molar-refractivity contribution in [2.75, 3.05) is 22.9 Å². The van der Waals surface area contributed by atoms with Crippen molar-refractivity contribution in [2.45, 2.75) is 53.6 Å². The highest BCUT2D eigenvalue weighted by Crippen LogP contribution is 2.38. The molecule has 0 radical (unpaired) electrons. The zero-order valence-corrected chi connectivity index (χ0v) is 17.6. The molecule has 0 spiro atoms. The molecule has 0 aliphatic carbocycles. The van der Waals surface area contributed by atoms with Crippen LogP contribution in [0.1, 0.15) is 47.1 Å². The molecule has 0 unspecified atom stereocenters. The predicted molar refractivity (Wildman–Crippen MR) is 113 cm³/mol. The summed E-state index contributed by atoms with van der Waals surface area (Å²) < 4.78 is 14.7. The van der Waals surface area contributed by atoms with Gasteiger partial charge in [0, 0.05) is 25.2 Å². The fourth-order valence-corrected chi connectivity index (χ4v) is 3.46. The molecule has 28 heavy (non-hydrogen) atoms. The van der Waals surface area contributed by atoms with E-state index in [4.69, 9.17) is 0 Å². The maximum atomic E-state index is 14.7. The van der Waals surface area contributed by atoms with Gasteiger partial charge in [-0.05, 0) is 82.5 Å². The molecule has 5 heteroatoms. The van der Waals surface area contributed by atoms with Crippen molar-refractivity contribution < 1.29 is 14.3 Å². The number of anilines is 2. The summed E-state index contributed by atoms with van der Waals surface area (Å²) in [4.78, 5) is 15.3. The van der Waals surface area contributed by atoms with Crippen LogP contribution in [0.3, 0.4) is 0 Å². The molecule has 0 amide bonds. The molecule has 0 fully saturated rings. The number of halogens is 1. The Morgan fingerprint density at radius 2 is 1.61 bits per heavy atom. The monoisotopic (exact) mass is 385 g/mol. The van der Waals surface area contributed by atoms with Gasteiger partial charge < -0.3 is 19.7 Å². The van der Waals surface area contributed by atoms with Crippen molar-refractivity contribution >= 4 is 22.9 Å². The van der Waals surface area contributed by atoms with Gasteiger partial charge in [-0.25, -0.2) is 4.39 Å². The van der Waals surface area contributed by atoms with Crippen LogP contribution in [0.2, 0.25) is 0 Å². The molecule has 1 heterocycles. The van der Waals surface area contributed by atoms with E-state index in [9.17, 15) is 14.3 Å². The van der Waals surface area contributed by atoms with Gasteiger partial charge in [-0.3, -0.25) is 0 Å². The summed E-state index contributed by atoms with van der Waals surface area (Å²) >= 11 is 0. The number of carbonyl (C=O) groups is 1. The molecule has 0 bridgehead atoms. The topological polar surface area (TPSA) is 46.6 Å². The molecule has 0 saturated carbocycles. The number of fused-ring (bicyclic) bond motifs is 1. The molecular weight excluding hydrogens is 355 g/mol. The van der Waals surface area contributed by atoms with Crippen LogP contribution in [-0.4, -0.2) is 31.1 Å². The Kier molecular flexibility index (Phi) is 7.05. The van der Waals surface area contributed by atoms with Crippen molar-refractivity contribution in [1.29, 1.82) is 0 Å². The van der Waals surface area contributed by atoms with Crippen LogP contribution in [0.25, 0.3) is 5.57 Å². The van der Waals surface area contributed by atoms with Gasteiger partial charge in [0.2, 0.25) is 0 Å². The Morgan fingerprint density at radius 1 is 1.04 bits per heavy atom. The third-order valence-corrected chi connectivity index (χ3v) is 5.05. The number of carboxylic acids is 1. The first kappa shape index (κ1) is 21.7. The first-order valence-corrected chi connectivity index (χ1v) is 9.73. The molecule has 0 saturated heterocycles. The van der Waals surface area contributed by atoms with E-state index in [0.717, 1.165) is 30.4 Å². The standard InChI is InChI=1S/C23H31FN2O2/c1-15(2)25-11-12-26(16(3)4)22-14-19(8-10-21(22)25)18(6)20(24)9-7-17(5)13-23(27)28/h7-10,13-16H,11-12H2,1-6H3,(H,27,28)/p-1/b9-7+,17-13+,20-18+. The lowest BCUT2D eigenvalue weighted by molar-refractivity contribution is -0.297.